The zero-order valence-corrected chi connectivity index (χ0v) is 10.4. The lowest BCUT2D eigenvalue weighted by atomic mass is 10.2. The van der Waals surface area contributed by atoms with Crippen LogP contribution in [0.15, 0.2) is 12.1 Å². The summed E-state index contributed by atoms with van der Waals surface area (Å²) in [6.45, 7) is -3.14. The van der Waals surface area contributed by atoms with Gasteiger partial charge in [-0.3, -0.25) is 0 Å². The van der Waals surface area contributed by atoms with Crippen LogP contribution in [0.1, 0.15) is 36.0 Å². The summed E-state index contributed by atoms with van der Waals surface area (Å²) in [6, 6.07) is 1.49. The highest BCUT2D eigenvalue weighted by Gasteiger charge is 2.23. The fourth-order valence-corrected chi connectivity index (χ4v) is 2.16. The van der Waals surface area contributed by atoms with Gasteiger partial charge in [-0.2, -0.15) is 8.78 Å². The largest absolute Gasteiger partial charge is 0.487 e. The molecule has 0 spiro atoms. The molecule has 1 aliphatic carbocycles. The van der Waals surface area contributed by atoms with Crippen molar-refractivity contribution >= 4 is 5.97 Å². The second-order valence-corrected chi connectivity index (χ2v) is 4.49. The van der Waals surface area contributed by atoms with Gasteiger partial charge in [-0.1, -0.05) is 0 Å². The number of benzene rings is 1. The Morgan fingerprint density at radius 3 is 2.45 bits per heavy atom. The van der Waals surface area contributed by atoms with Crippen molar-refractivity contribution in [2.75, 3.05) is 0 Å². The molecule has 1 aromatic carbocycles. The zero-order chi connectivity index (χ0) is 14.7. The van der Waals surface area contributed by atoms with E-state index >= 15 is 0 Å². The van der Waals surface area contributed by atoms with E-state index in [1.807, 2.05) is 0 Å². The highest BCUT2D eigenvalue weighted by Crippen LogP contribution is 2.35. The van der Waals surface area contributed by atoms with E-state index in [9.17, 15) is 18.0 Å². The molecule has 4 nitrogen and oxygen atoms in total. The summed E-state index contributed by atoms with van der Waals surface area (Å²) < 4.78 is 47.7. The maximum Gasteiger partial charge on any atom is 0.387 e. The van der Waals surface area contributed by atoms with E-state index in [0.717, 1.165) is 31.7 Å². The Morgan fingerprint density at radius 2 is 1.90 bits per heavy atom. The van der Waals surface area contributed by atoms with Crippen LogP contribution in [0.2, 0.25) is 0 Å². The van der Waals surface area contributed by atoms with Gasteiger partial charge in [0.05, 0.1) is 11.7 Å². The molecular weight excluding hydrogens is 277 g/mol. The normalized spacial score (nSPS) is 15.6. The fourth-order valence-electron chi connectivity index (χ4n) is 2.16. The van der Waals surface area contributed by atoms with Crippen molar-refractivity contribution in [3.05, 3.63) is 23.5 Å². The third-order valence-corrected chi connectivity index (χ3v) is 3.08. The monoisotopic (exact) mass is 290 g/mol. The summed E-state index contributed by atoms with van der Waals surface area (Å²) in [7, 11) is 0. The molecule has 0 aromatic heterocycles. The number of carboxylic acids is 1. The molecule has 1 aromatic rings. The van der Waals surface area contributed by atoms with Gasteiger partial charge in [-0.15, -0.1) is 0 Å². The molecule has 2 rings (SSSR count). The quantitative estimate of drug-likeness (QED) is 0.902. The number of rotatable bonds is 5. The minimum absolute atomic E-state index is 0.170. The van der Waals surface area contributed by atoms with Crippen molar-refractivity contribution in [2.45, 2.75) is 38.4 Å². The lowest BCUT2D eigenvalue weighted by molar-refractivity contribution is -0.0522. The lowest BCUT2D eigenvalue weighted by Crippen LogP contribution is -2.14. The van der Waals surface area contributed by atoms with Gasteiger partial charge in [-0.25, -0.2) is 9.18 Å². The molecule has 0 amide bonds. The third kappa shape index (κ3) is 3.34. The third-order valence-electron chi connectivity index (χ3n) is 3.08. The van der Waals surface area contributed by atoms with Gasteiger partial charge in [0.25, 0.3) is 0 Å². The molecule has 0 aliphatic heterocycles. The molecule has 1 fully saturated rings. The number of aromatic carboxylic acids is 1. The van der Waals surface area contributed by atoms with Crippen LogP contribution in [0, 0.1) is 5.82 Å². The van der Waals surface area contributed by atoms with Crippen LogP contribution in [-0.2, 0) is 0 Å². The summed E-state index contributed by atoms with van der Waals surface area (Å²) in [5, 5.41) is 8.84. The van der Waals surface area contributed by atoms with Crippen LogP contribution in [0.5, 0.6) is 11.5 Å². The van der Waals surface area contributed by atoms with Crippen molar-refractivity contribution in [2.24, 2.45) is 0 Å². The minimum Gasteiger partial charge on any atom is -0.487 e. The second-order valence-electron chi connectivity index (χ2n) is 4.49. The SMILES string of the molecule is O=C(O)c1cc(OC2CCCC2)c(OC(F)F)cc1F. The second kappa shape index (κ2) is 6.02. The number of carbonyl (C=O) groups is 1. The first-order valence-corrected chi connectivity index (χ1v) is 6.15. The maximum atomic E-state index is 13.5. The topological polar surface area (TPSA) is 55.8 Å². The first kappa shape index (κ1) is 14.5. The molecule has 0 unspecified atom stereocenters. The molecule has 0 atom stereocenters. The molecular formula is C13H13F3O4. The van der Waals surface area contributed by atoms with Gasteiger partial charge in [-0.05, 0) is 25.7 Å². The number of carboxylic acid groups (broad SMARTS) is 1. The molecule has 7 heteroatoms. The number of hydrogen-bond donors (Lipinski definition) is 1. The molecule has 0 radical (unpaired) electrons. The Morgan fingerprint density at radius 1 is 1.25 bits per heavy atom. The Balaban J connectivity index is 2.32. The van der Waals surface area contributed by atoms with Gasteiger partial charge in [0.2, 0.25) is 0 Å². The van der Waals surface area contributed by atoms with Crippen LogP contribution in [0.4, 0.5) is 13.2 Å². The fraction of sp³-hybridized carbons (Fsp3) is 0.462. The molecule has 1 N–H and O–H groups in total. The average Bonchev–Trinajstić information content (AvgIpc) is 2.84. The van der Waals surface area contributed by atoms with Gasteiger partial charge in [0, 0.05) is 12.1 Å². The van der Waals surface area contributed by atoms with E-state index in [1.165, 1.54) is 0 Å². The van der Waals surface area contributed by atoms with Crippen LogP contribution >= 0.6 is 0 Å². The van der Waals surface area contributed by atoms with E-state index < -0.39 is 29.7 Å². The van der Waals surface area contributed by atoms with Crippen LogP contribution in [-0.4, -0.2) is 23.8 Å². The zero-order valence-electron chi connectivity index (χ0n) is 10.4. The highest BCUT2D eigenvalue weighted by atomic mass is 19.3. The standard InChI is InChI=1S/C13H13F3O4/c14-9-6-11(20-13(15)16)10(5-8(9)12(17)18)19-7-3-1-2-4-7/h5-7,13H,1-4H2,(H,17,18). The Hall–Kier alpha value is -1.92. The van der Waals surface area contributed by atoms with E-state index in [2.05, 4.69) is 4.74 Å². The van der Waals surface area contributed by atoms with Crippen molar-refractivity contribution in [1.82, 2.24) is 0 Å². The molecule has 0 bridgehead atoms. The first-order valence-electron chi connectivity index (χ1n) is 6.15. The molecule has 0 heterocycles. The predicted octanol–water partition coefficient (Wildman–Crippen LogP) is 3.45. The van der Waals surface area contributed by atoms with Crippen LogP contribution in [0.25, 0.3) is 0 Å². The predicted molar refractivity (Wildman–Crippen MR) is 62.9 cm³/mol. The van der Waals surface area contributed by atoms with Crippen LogP contribution < -0.4 is 9.47 Å². The van der Waals surface area contributed by atoms with E-state index in [4.69, 9.17) is 9.84 Å². The van der Waals surface area contributed by atoms with Gasteiger partial charge < -0.3 is 14.6 Å². The van der Waals surface area contributed by atoms with E-state index in [0.29, 0.717) is 6.07 Å². The Bertz CT molecular complexity index is 499. The first-order chi connectivity index (χ1) is 9.47. The van der Waals surface area contributed by atoms with E-state index in [-0.39, 0.29) is 11.9 Å². The molecule has 1 saturated carbocycles. The maximum absolute atomic E-state index is 13.5. The highest BCUT2D eigenvalue weighted by molar-refractivity contribution is 5.88. The average molecular weight is 290 g/mol. The summed E-state index contributed by atoms with van der Waals surface area (Å²) in [4.78, 5) is 10.9. The molecule has 1 aliphatic rings. The van der Waals surface area contributed by atoms with Crippen LogP contribution in [0.3, 0.4) is 0 Å². The Kier molecular flexibility index (Phi) is 4.36. The number of hydrogen-bond acceptors (Lipinski definition) is 3. The smallest absolute Gasteiger partial charge is 0.387 e. The summed E-state index contributed by atoms with van der Waals surface area (Å²) in [5.41, 5.74) is -0.639. The molecule has 110 valence electrons. The Labute approximate surface area is 113 Å². The summed E-state index contributed by atoms with van der Waals surface area (Å²) in [6.07, 6.45) is 3.19. The summed E-state index contributed by atoms with van der Waals surface area (Å²) in [5.74, 6) is -3.31. The van der Waals surface area contributed by atoms with Crippen molar-refractivity contribution in [3.8, 4) is 11.5 Å². The van der Waals surface area contributed by atoms with Crippen molar-refractivity contribution in [3.63, 3.8) is 0 Å². The summed E-state index contributed by atoms with van der Waals surface area (Å²) >= 11 is 0. The van der Waals surface area contributed by atoms with Crippen molar-refractivity contribution < 1.29 is 32.5 Å². The number of halogens is 3. The number of alkyl halides is 2. The van der Waals surface area contributed by atoms with Gasteiger partial charge >= 0.3 is 12.6 Å². The number of ether oxygens (including phenoxy) is 2. The minimum atomic E-state index is -3.14. The van der Waals surface area contributed by atoms with Gasteiger partial charge in [0.15, 0.2) is 11.5 Å². The lowest BCUT2D eigenvalue weighted by Gasteiger charge is -2.17. The van der Waals surface area contributed by atoms with Gasteiger partial charge in [0.1, 0.15) is 5.82 Å². The molecule has 0 saturated heterocycles. The molecule has 20 heavy (non-hydrogen) atoms. The van der Waals surface area contributed by atoms with E-state index in [1.54, 1.807) is 0 Å². The van der Waals surface area contributed by atoms with Crippen molar-refractivity contribution in [1.29, 1.82) is 0 Å².